The number of benzene rings is 1. The van der Waals surface area contributed by atoms with Gasteiger partial charge in [-0.3, -0.25) is 0 Å². The molecule has 1 heterocycles. The maximum absolute atomic E-state index is 10.2. The van der Waals surface area contributed by atoms with Gasteiger partial charge in [-0.05, 0) is 24.6 Å². The number of quaternary nitrogens is 1. The lowest BCUT2D eigenvalue weighted by molar-refractivity contribution is -0.695. The molecule has 2 rings (SSSR count). The van der Waals surface area contributed by atoms with Gasteiger partial charge in [0.15, 0.2) is 6.29 Å². The van der Waals surface area contributed by atoms with Crippen LogP contribution in [-0.2, 0) is 19.1 Å². The molecule has 0 aliphatic carbocycles. The molecule has 1 aliphatic heterocycles. The summed E-state index contributed by atoms with van der Waals surface area (Å²) in [5, 5.41) is 39.4. The van der Waals surface area contributed by atoms with E-state index >= 15 is 0 Å². The third kappa shape index (κ3) is 7.94. The summed E-state index contributed by atoms with van der Waals surface area (Å²) in [4.78, 5) is 17.9. The number of phenolic OH excluding ortho intramolecular Hbond substituents is 1. The molecule has 140 valence electrons. The summed E-state index contributed by atoms with van der Waals surface area (Å²) in [5.41, 5.74) is 0.815. The number of rotatable bonds is 6. The number of aliphatic hydroxyl groups is 1. The van der Waals surface area contributed by atoms with Gasteiger partial charge < -0.3 is 44.8 Å². The molecule has 0 amide bonds. The van der Waals surface area contributed by atoms with E-state index < -0.39 is 18.0 Å². The fourth-order valence-corrected chi connectivity index (χ4v) is 2.17. The number of carbonyl (C=O) groups excluding carboxylic acids is 2. The van der Waals surface area contributed by atoms with Gasteiger partial charge >= 0.3 is 0 Å². The lowest BCUT2D eigenvalue weighted by Gasteiger charge is -2.18. The second-order valence-corrected chi connectivity index (χ2v) is 5.45. The van der Waals surface area contributed by atoms with Crippen molar-refractivity contribution in [3.05, 3.63) is 29.8 Å². The average molecular weight is 356 g/mol. The fraction of sp³-hybridized carbons (Fsp3) is 0.500. The molecule has 1 fully saturated rings. The summed E-state index contributed by atoms with van der Waals surface area (Å²) in [6, 6.07) is 6.71. The Bertz CT molecular complexity index is 530. The maximum atomic E-state index is 10.2. The van der Waals surface area contributed by atoms with Crippen LogP contribution in [0.25, 0.3) is 0 Å². The van der Waals surface area contributed by atoms with Gasteiger partial charge in [0.05, 0.1) is 31.7 Å². The molecular weight excluding hydrogens is 334 g/mol. The van der Waals surface area contributed by atoms with Crippen molar-refractivity contribution in [1.82, 2.24) is 0 Å². The van der Waals surface area contributed by atoms with Crippen molar-refractivity contribution in [2.75, 3.05) is 19.8 Å². The maximum Gasteiger partial charge on any atom is 0.163 e. The van der Waals surface area contributed by atoms with Gasteiger partial charge in [0.25, 0.3) is 0 Å². The van der Waals surface area contributed by atoms with Crippen LogP contribution in [0.5, 0.6) is 5.75 Å². The first kappa shape index (κ1) is 20.8. The number of aliphatic hydroxyl groups excluding tert-OH is 1. The van der Waals surface area contributed by atoms with Crippen molar-refractivity contribution in [2.45, 2.75) is 31.8 Å². The molecule has 1 saturated heterocycles. The van der Waals surface area contributed by atoms with Crippen LogP contribution in [0, 0.1) is 0 Å². The first-order valence-corrected chi connectivity index (χ1v) is 7.77. The van der Waals surface area contributed by atoms with Gasteiger partial charge in [-0.15, -0.1) is 0 Å². The quantitative estimate of drug-likeness (QED) is 0.446. The molecule has 0 aromatic heterocycles. The highest BCUT2D eigenvalue weighted by Crippen LogP contribution is 2.18. The molecule has 0 spiro atoms. The first-order valence-electron chi connectivity index (χ1n) is 7.77. The van der Waals surface area contributed by atoms with E-state index in [0.29, 0.717) is 13.2 Å². The molecule has 0 bridgehead atoms. The SMILES string of the molecule is CC([NH2+]CCC1OCCO1)C(O)c1ccc(O)cc1.O=C([O-])C(=O)[O-]. The van der Waals surface area contributed by atoms with Gasteiger partial charge in [-0.2, -0.15) is 0 Å². The Morgan fingerprint density at radius 2 is 1.72 bits per heavy atom. The van der Waals surface area contributed by atoms with E-state index in [1.54, 1.807) is 24.3 Å². The van der Waals surface area contributed by atoms with Gasteiger partial charge in [-0.1, -0.05) is 12.1 Å². The predicted octanol–water partition coefficient (Wildman–Crippen LogP) is -3.37. The van der Waals surface area contributed by atoms with E-state index in [2.05, 4.69) is 5.32 Å². The number of carbonyl (C=O) groups is 2. The molecule has 2 atom stereocenters. The van der Waals surface area contributed by atoms with Crippen LogP contribution in [0.1, 0.15) is 25.0 Å². The Labute approximate surface area is 144 Å². The highest BCUT2D eigenvalue weighted by molar-refractivity contribution is 6.25. The van der Waals surface area contributed by atoms with Crippen molar-refractivity contribution in [1.29, 1.82) is 0 Å². The van der Waals surface area contributed by atoms with E-state index in [1.165, 1.54) is 0 Å². The van der Waals surface area contributed by atoms with Crippen LogP contribution in [0.3, 0.4) is 0 Å². The normalized spacial score (nSPS) is 16.6. The monoisotopic (exact) mass is 356 g/mol. The lowest BCUT2D eigenvalue weighted by atomic mass is 10.0. The third-order valence-corrected chi connectivity index (χ3v) is 3.53. The molecule has 0 radical (unpaired) electrons. The van der Waals surface area contributed by atoms with Gasteiger partial charge in [0.1, 0.15) is 17.9 Å². The number of aliphatic carboxylic acids is 2. The topological polar surface area (TPSA) is 156 Å². The molecule has 1 aromatic rings. The molecule has 1 aliphatic rings. The van der Waals surface area contributed by atoms with Crippen LogP contribution >= 0.6 is 0 Å². The van der Waals surface area contributed by atoms with Crippen molar-refractivity contribution in [3.8, 4) is 5.75 Å². The third-order valence-electron chi connectivity index (χ3n) is 3.53. The summed E-state index contributed by atoms with van der Waals surface area (Å²) in [6.07, 6.45) is 0.187. The van der Waals surface area contributed by atoms with E-state index in [-0.39, 0.29) is 18.1 Å². The van der Waals surface area contributed by atoms with Crippen LogP contribution < -0.4 is 15.5 Å². The molecular formula is C16H22NO8-. The van der Waals surface area contributed by atoms with E-state index in [4.69, 9.17) is 29.3 Å². The highest BCUT2D eigenvalue weighted by atomic mass is 16.7. The first-order chi connectivity index (χ1) is 11.8. The Balaban J connectivity index is 0.000000450. The van der Waals surface area contributed by atoms with Gasteiger partial charge in [0, 0.05) is 6.42 Å². The number of carboxylic acids is 2. The van der Waals surface area contributed by atoms with E-state index in [0.717, 1.165) is 18.5 Å². The summed E-state index contributed by atoms with van der Waals surface area (Å²) in [6.45, 7) is 4.18. The minimum absolute atomic E-state index is 0.0472. The summed E-state index contributed by atoms with van der Waals surface area (Å²) in [5.74, 6) is -4.16. The smallest absolute Gasteiger partial charge is 0.163 e. The molecule has 0 saturated carbocycles. The second kappa shape index (κ2) is 10.6. The van der Waals surface area contributed by atoms with Crippen molar-refractivity contribution in [3.63, 3.8) is 0 Å². The highest BCUT2D eigenvalue weighted by Gasteiger charge is 2.21. The number of aromatic hydroxyl groups is 1. The molecule has 4 N–H and O–H groups in total. The largest absolute Gasteiger partial charge is 0.543 e. The lowest BCUT2D eigenvalue weighted by Crippen LogP contribution is -2.90. The predicted molar refractivity (Wildman–Crippen MR) is 79.6 cm³/mol. The molecule has 9 nitrogen and oxygen atoms in total. The van der Waals surface area contributed by atoms with Crippen molar-refractivity contribution in [2.24, 2.45) is 0 Å². The number of ether oxygens (including phenoxy) is 2. The average Bonchev–Trinajstić information content (AvgIpc) is 3.08. The zero-order valence-electron chi connectivity index (χ0n) is 13.8. The molecule has 25 heavy (non-hydrogen) atoms. The van der Waals surface area contributed by atoms with Crippen LogP contribution in [0.2, 0.25) is 0 Å². The zero-order chi connectivity index (χ0) is 18.8. The Kier molecular flexibility index (Phi) is 8.86. The summed E-state index contributed by atoms with van der Waals surface area (Å²) >= 11 is 0. The number of hydrogen-bond donors (Lipinski definition) is 3. The fourth-order valence-electron chi connectivity index (χ4n) is 2.17. The Morgan fingerprint density at radius 1 is 1.20 bits per heavy atom. The van der Waals surface area contributed by atoms with Crippen molar-refractivity contribution < 1.29 is 44.8 Å². The number of hydrogen-bond acceptors (Lipinski definition) is 8. The number of nitrogens with two attached hydrogens (primary N) is 1. The van der Waals surface area contributed by atoms with E-state index in [9.17, 15) is 10.2 Å². The summed E-state index contributed by atoms with van der Waals surface area (Å²) in [7, 11) is 0. The second-order valence-electron chi connectivity index (χ2n) is 5.45. The Hall–Kier alpha value is -2.20. The van der Waals surface area contributed by atoms with Gasteiger partial charge in [0.2, 0.25) is 0 Å². The molecule has 9 heteroatoms. The standard InChI is InChI=1S/C14H21NO4.C2H2O4/c1-10(15-7-6-13-18-8-9-19-13)14(17)11-2-4-12(16)5-3-11;3-1(4)2(5)6/h2-5,10,13-17H,6-9H2,1H3;(H,3,4)(H,5,6)/p-1. The minimum Gasteiger partial charge on any atom is -0.543 e. The molecule has 2 unspecified atom stereocenters. The van der Waals surface area contributed by atoms with Gasteiger partial charge in [-0.25, -0.2) is 0 Å². The van der Waals surface area contributed by atoms with Crippen molar-refractivity contribution >= 4 is 11.9 Å². The zero-order valence-corrected chi connectivity index (χ0v) is 13.8. The van der Waals surface area contributed by atoms with Crippen LogP contribution in [0.4, 0.5) is 0 Å². The number of phenols is 1. The van der Waals surface area contributed by atoms with Crippen LogP contribution in [-0.4, -0.2) is 54.2 Å². The Morgan fingerprint density at radius 3 is 2.20 bits per heavy atom. The minimum atomic E-state index is -2.19. The summed E-state index contributed by atoms with van der Waals surface area (Å²) < 4.78 is 10.7. The number of carboxylic acid groups (broad SMARTS) is 2. The molecule has 1 aromatic carbocycles. The van der Waals surface area contributed by atoms with Crippen LogP contribution in [0.15, 0.2) is 24.3 Å². The van der Waals surface area contributed by atoms with E-state index in [1.807, 2.05) is 6.92 Å².